The van der Waals surface area contributed by atoms with Gasteiger partial charge in [-0.05, 0) is 31.7 Å². The standard InChI is InChI=1S/C19H19F3N6O2/c1-18(5-11(6-18)13(16(23)29)7-19(20,21)22)30-17-15-3-4-24-28(15)10-14(26-17)12-8-25-27(2)9-12/h3-4,7-11H,5-6H2,1-2H3,(H2,23,29)/b13-7+. The van der Waals surface area contributed by atoms with Crippen LogP contribution in [0, 0.1) is 5.92 Å². The van der Waals surface area contributed by atoms with Gasteiger partial charge in [0.05, 0.1) is 24.3 Å². The molecule has 0 bridgehead atoms. The molecule has 0 aromatic carbocycles. The Morgan fingerprint density at radius 3 is 2.67 bits per heavy atom. The molecule has 1 aliphatic rings. The number of rotatable bonds is 5. The maximum absolute atomic E-state index is 12.7. The lowest BCUT2D eigenvalue weighted by atomic mass is 9.68. The van der Waals surface area contributed by atoms with Crippen LogP contribution in [0.3, 0.4) is 0 Å². The number of hydrogen-bond acceptors (Lipinski definition) is 5. The summed E-state index contributed by atoms with van der Waals surface area (Å²) in [6.07, 6.45) is 2.57. The summed E-state index contributed by atoms with van der Waals surface area (Å²) in [5.74, 6) is -1.40. The summed E-state index contributed by atoms with van der Waals surface area (Å²) in [6, 6.07) is 1.73. The van der Waals surface area contributed by atoms with Crippen molar-refractivity contribution < 1.29 is 22.7 Å². The number of alkyl halides is 3. The second-order valence-electron chi connectivity index (χ2n) is 7.66. The molecule has 0 atom stereocenters. The highest BCUT2D eigenvalue weighted by molar-refractivity contribution is 5.92. The van der Waals surface area contributed by atoms with Crippen LogP contribution >= 0.6 is 0 Å². The van der Waals surface area contributed by atoms with Crippen LogP contribution in [0.4, 0.5) is 13.2 Å². The smallest absolute Gasteiger partial charge is 0.410 e. The van der Waals surface area contributed by atoms with Crippen molar-refractivity contribution in [3.63, 3.8) is 0 Å². The fraction of sp³-hybridized carbons (Fsp3) is 0.368. The highest BCUT2D eigenvalue weighted by atomic mass is 19.4. The lowest BCUT2D eigenvalue weighted by Crippen LogP contribution is -2.48. The number of primary amides is 1. The number of amides is 1. The van der Waals surface area contributed by atoms with E-state index in [0.29, 0.717) is 17.1 Å². The second-order valence-corrected chi connectivity index (χ2v) is 7.66. The van der Waals surface area contributed by atoms with Crippen molar-refractivity contribution in [3.05, 3.63) is 42.5 Å². The monoisotopic (exact) mass is 420 g/mol. The zero-order valence-electron chi connectivity index (χ0n) is 16.2. The van der Waals surface area contributed by atoms with Crippen LogP contribution in [-0.4, -0.2) is 42.1 Å². The van der Waals surface area contributed by atoms with Gasteiger partial charge in [0.2, 0.25) is 11.8 Å². The van der Waals surface area contributed by atoms with Crippen LogP contribution < -0.4 is 10.5 Å². The molecule has 158 valence electrons. The summed E-state index contributed by atoms with van der Waals surface area (Å²) in [6.45, 7) is 1.76. The molecule has 3 heterocycles. The van der Waals surface area contributed by atoms with Crippen LogP contribution in [0.15, 0.2) is 42.5 Å². The predicted octanol–water partition coefficient (Wildman–Crippen LogP) is 2.65. The quantitative estimate of drug-likeness (QED) is 0.640. The summed E-state index contributed by atoms with van der Waals surface area (Å²) in [5.41, 5.74) is 5.90. The van der Waals surface area contributed by atoms with Gasteiger partial charge in [-0.25, -0.2) is 9.50 Å². The number of aryl methyl sites for hydroxylation is 1. The van der Waals surface area contributed by atoms with Crippen LogP contribution in [0.5, 0.6) is 5.88 Å². The predicted molar refractivity (Wildman–Crippen MR) is 100 cm³/mol. The minimum absolute atomic E-state index is 0.0178. The van der Waals surface area contributed by atoms with Crippen molar-refractivity contribution in [1.29, 1.82) is 0 Å². The van der Waals surface area contributed by atoms with E-state index in [0.717, 1.165) is 5.56 Å². The maximum atomic E-state index is 12.7. The molecule has 11 heteroatoms. The summed E-state index contributed by atoms with van der Waals surface area (Å²) < 4.78 is 47.6. The molecule has 0 unspecified atom stereocenters. The first-order chi connectivity index (χ1) is 14.0. The lowest BCUT2D eigenvalue weighted by Gasteiger charge is -2.45. The summed E-state index contributed by atoms with van der Waals surface area (Å²) in [4.78, 5) is 16.1. The Labute approximate surface area is 169 Å². The van der Waals surface area contributed by atoms with E-state index in [1.54, 1.807) is 54.0 Å². The van der Waals surface area contributed by atoms with Gasteiger partial charge in [-0.1, -0.05) is 0 Å². The van der Waals surface area contributed by atoms with Crippen molar-refractivity contribution in [2.24, 2.45) is 18.7 Å². The molecule has 1 amide bonds. The third kappa shape index (κ3) is 3.87. The molecule has 30 heavy (non-hydrogen) atoms. The summed E-state index contributed by atoms with van der Waals surface area (Å²) >= 11 is 0. The summed E-state index contributed by atoms with van der Waals surface area (Å²) in [5, 5.41) is 8.36. The Balaban J connectivity index is 1.60. The average Bonchev–Trinajstić information content (AvgIpc) is 3.25. The summed E-state index contributed by atoms with van der Waals surface area (Å²) in [7, 11) is 1.79. The molecule has 0 saturated heterocycles. The number of carbonyl (C=O) groups excluding carboxylic acids is 1. The third-order valence-corrected chi connectivity index (χ3v) is 5.10. The van der Waals surface area contributed by atoms with Crippen molar-refractivity contribution in [2.45, 2.75) is 31.5 Å². The van der Waals surface area contributed by atoms with Crippen LogP contribution in [0.1, 0.15) is 19.8 Å². The van der Waals surface area contributed by atoms with E-state index < -0.39 is 29.2 Å². The van der Waals surface area contributed by atoms with Crippen molar-refractivity contribution in [3.8, 4) is 17.1 Å². The zero-order valence-corrected chi connectivity index (χ0v) is 16.2. The minimum Gasteiger partial charge on any atom is -0.470 e. The van der Waals surface area contributed by atoms with Gasteiger partial charge in [-0.3, -0.25) is 9.48 Å². The van der Waals surface area contributed by atoms with Crippen LogP contribution in [0.2, 0.25) is 0 Å². The van der Waals surface area contributed by atoms with Crippen molar-refractivity contribution >= 4 is 11.4 Å². The Bertz CT molecular complexity index is 1140. The molecule has 4 rings (SSSR count). The number of allylic oxidation sites excluding steroid dienone is 1. The van der Waals surface area contributed by atoms with E-state index in [2.05, 4.69) is 15.2 Å². The lowest BCUT2D eigenvalue weighted by molar-refractivity contribution is -0.118. The highest BCUT2D eigenvalue weighted by Crippen LogP contribution is 2.46. The van der Waals surface area contributed by atoms with Crippen LogP contribution in [0.25, 0.3) is 16.8 Å². The number of carbonyl (C=O) groups is 1. The molecule has 1 aliphatic carbocycles. The van der Waals surface area contributed by atoms with Gasteiger partial charge in [0.15, 0.2) is 0 Å². The fourth-order valence-electron chi connectivity index (χ4n) is 3.75. The number of nitrogens with zero attached hydrogens (tertiary/aromatic N) is 5. The van der Waals surface area contributed by atoms with Gasteiger partial charge in [-0.15, -0.1) is 0 Å². The molecule has 3 aromatic heterocycles. The number of ether oxygens (including phenoxy) is 1. The Morgan fingerprint density at radius 2 is 2.07 bits per heavy atom. The molecule has 8 nitrogen and oxygen atoms in total. The third-order valence-electron chi connectivity index (χ3n) is 5.10. The largest absolute Gasteiger partial charge is 0.470 e. The second kappa shape index (κ2) is 6.85. The number of aromatic nitrogens is 5. The van der Waals surface area contributed by atoms with Crippen LogP contribution in [-0.2, 0) is 11.8 Å². The van der Waals surface area contributed by atoms with E-state index in [1.807, 2.05) is 0 Å². The van der Waals surface area contributed by atoms with E-state index in [4.69, 9.17) is 10.5 Å². The molecule has 1 saturated carbocycles. The van der Waals surface area contributed by atoms with E-state index in [9.17, 15) is 18.0 Å². The van der Waals surface area contributed by atoms with E-state index in [-0.39, 0.29) is 18.9 Å². The zero-order chi connectivity index (χ0) is 21.7. The molecule has 0 radical (unpaired) electrons. The fourth-order valence-corrected chi connectivity index (χ4v) is 3.75. The minimum atomic E-state index is -4.61. The van der Waals surface area contributed by atoms with E-state index in [1.165, 1.54) is 0 Å². The molecule has 2 N–H and O–H groups in total. The van der Waals surface area contributed by atoms with Crippen molar-refractivity contribution in [1.82, 2.24) is 24.4 Å². The van der Waals surface area contributed by atoms with Gasteiger partial charge in [0.25, 0.3) is 0 Å². The SMILES string of the molecule is Cn1cc(-c2cn3nccc3c(OC3(C)CC(/C(=C\C(F)(F)F)C(N)=O)C3)n2)cn1. The number of hydrogen-bond donors (Lipinski definition) is 1. The van der Waals surface area contributed by atoms with Gasteiger partial charge in [-0.2, -0.15) is 23.4 Å². The molecule has 0 aliphatic heterocycles. The molecule has 0 spiro atoms. The number of fused-ring (bicyclic) bond motifs is 1. The van der Waals surface area contributed by atoms with Gasteiger partial charge in [0, 0.05) is 30.5 Å². The average molecular weight is 420 g/mol. The Kier molecular flexibility index (Phi) is 4.55. The molecular weight excluding hydrogens is 401 g/mol. The molecular formula is C19H19F3N6O2. The first-order valence-electron chi connectivity index (χ1n) is 9.15. The maximum Gasteiger partial charge on any atom is 0.410 e. The van der Waals surface area contributed by atoms with Crippen molar-refractivity contribution in [2.75, 3.05) is 0 Å². The molecule has 1 fully saturated rings. The van der Waals surface area contributed by atoms with E-state index >= 15 is 0 Å². The first kappa shape index (κ1) is 19.9. The van der Waals surface area contributed by atoms with Gasteiger partial charge < -0.3 is 10.5 Å². The Hall–Kier alpha value is -3.37. The molecule has 3 aromatic rings. The number of nitrogens with two attached hydrogens (primary N) is 1. The van der Waals surface area contributed by atoms with Gasteiger partial charge in [0.1, 0.15) is 11.1 Å². The highest BCUT2D eigenvalue weighted by Gasteiger charge is 2.47. The number of halogens is 3. The normalized spacial score (nSPS) is 22.2. The first-order valence-corrected chi connectivity index (χ1v) is 9.15. The Morgan fingerprint density at radius 1 is 1.33 bits per heavy atom. The van der Waals surface area contributed by atoms with Gasteiger partial charge >= 0.3 is 6.18 Å². The topological polar surface area (TPSA) is 100 Å².